The Morgan fingerprint density at radius 3 is 2.59 bits per heavy atom. The molecule has 3 fully saturated rings. The van der Waals surface area contributed by atoms with Crippen molar-refractivity contribution in [3.63, 3.8) is 0 Å². The molecule has 0 amide bonds. The second-order valence-corrected chi connectivity index (χ2v) is 8.64. The number of aliphatic hydroxyl groups is 1. The lowest BCUT2D eigenvalue weighted by atomic mass is 9.45. The summed E-state index contributed by atoms with van der Waals surface area (Å²) in [5.41, 5.74) is -0.216. The Labute approximate surface area is 132 Å². The second kappa shape index (κ2) is 4.46. The van der Waals surface area contributed by atoms with E-state index in [4.69, 9.17) is 0 Å². The fourth-order valence-corrected chi connectivity index (χ4v) is 6.69. The van der Waals surface area contributed by atoms with Gasteiger partial charge in [0.15, 0.2) is 0 Å². The standard InChI is InChI=1S/C19H26O3/c1-18-8-3-4-12(18)11-5-6-14-15(20)10-16(21)17(22)19(14,2)13(11)7-9-18/h10-14,20H,3-9H2,1-2H3/t11-,12-,13-,14?,18-,19+/m0/s1. The largest absolute Gasteiger partial charge is 0.512 e. The number of carbonyl (C=O) groups is 2. The Balaban J connectivity index is 1.76. The normalized spacial score (nSPS) is 50.9. The van der Waals surface area contributed by atoms with Gasteiger partial charge in [-0.05, 0) is 61.7 Å². The van der Waals surface area contributed by atoms with E-state index in [1.807, 2.05) is 6.92 Å². The number of hydrogen-bond acceptors (Lipinski definition) is 3. The maximum absolute atomic E-state index is 12.7. The van der Waals surface area contributed by atoms with Gasteiger partial charge in [-0.2, -0.15) is 0 Å². The number of carbonyl (C=O) groups excluding carboxylic acids is 2. The van der Waals surface area contributed by atoms with Gasteiger partial charge in [0.2, 0.25) is 11.6 Å². The molecule has 0 heterocycles. The third-order valence-corrected chi connectivity index (χ3v) is 7.85. The summed E-state index contributed by atoms with van der Waals surface area (Å²) in [5.74, 6) is 0.832. The van der Waals surface area contributed by atoms with Crippen LogP contribution in [0.3, 0.4) is 0 Å². The molecule has 0 radical (unpaired) electrons. The van der Waals surface area contributed by atoms with Crippen molar-refractivity contribution in [2.45, 2.75) is 58.8 Å². The molecule has 4 rings (SSSR count). The van der Waals surface area contributed by atoms with Crippen molar-refractivity contribution in [1.82, 2.24) is 0 Å². The topological polar surface area (TPSA) is 54.4 Å². The zero-order valence-corrected chi connectivity index (χ0v) is 13.6. The summed E-state index contributed by atoms with van der Waals surface area (Å²) in [6, 6.07) is 0. The number of aliphatic hydroxyl groups excluding tert-OH is 1. The van der Waals surface area contributed by atoms with E-state index in [0.29, 0.717) is 17.3 Å². The molecule has 4 aliphatic rings. The Morgan fingerprint density at radius 2 is 1.82 bits per heavy atom. The van der Waals surface area contributed by atoms with Crippen molar-refractivity contribution in [3.05, 3.63) is 11.8 Å². The molecule has 0 aliphatic heterocycles. The van der Waals surface area contributed by atoms with Crippen LogP contribution < -0.4 is 0 Å². The van der Waals surface area contributed by atoms with Gasteiger partial charge in [0.05, 0.1) is 0 Å². The molecule has 1 N–H and O–H groups in total. The fraction of sp³-hybridized carbons (Fsp3) is 0.789. The van der Waals surface area contributed by atoms with Gasteiger partial charge < -0.3 is 5.11 Å². The van der Waals surface area contributed by atoms with Crippen LogP contribution in [0.5, 0.6) is 0 Å². The quantitative estimate of drug-likeness (QED) is 0.692. The zero-order valence-electron chi connectivity index (χ0n) is 13.6. The van der Waals surface area contributed by atoms with E-state index in [1.54, 1.807) is 0 Å². The van der Waals surface area contributed by atoms with Crippen molar-refractivity contribution in [2.75, 3.05) is 0 Å². The lowest BCUT2D eigenvalue weighted by Crippen LogP contribution is -2.57. The number of hydrogen-bond donors (Lipinski definition) is 1. The highest BCUT2D eigenvalue weighted by atomic mass is 16.3. The predicted molar refractivity (Wildman–Crippen MR) is 83.2 cm³/mol. The van der Waals surface area contributed by atoms with E-state index in [-0.39, 0.29) is 23.4 Å². The van der Waals surface area contributed by atoms with Crippen molar-refractivity contribution in [3.8, 4) is 0 Å². The van der Waals surface area contributed by atoms with E-state index in [1.165, 1.54) is 31.8 Å². The smallest absolute Gasteiger partial charge is 0.225 e. The van der Waals surface area contributed by atoms with Crippen LogP contribution in [-0.2, 0) is 9.59 Å². The minimum atomic E-state index is -0.664. The minimum Gasteiger partial charge on any atom is -0.512 e. The average molecular weight is 302 g/mol. The second-order valence-electron chi connectivity index (χ2n) is 8.64. The molecule has 3 heteroatoms. The lowest BCUT2D eigenvalue weighted by Gasteiger charge is -2.57. The highest BCUT2D eigenvalue weighted by molar-refractivity contribution is 6.44. The fourth-order valence-electron chi connectivity index (χ4n) is 6.69. The van der Waals surface area contributed by atoms with Crippen LogP contribution in [0.4, 0.5) is 0 Å². The molecule has 1 unspecified atom stereocenters. The van der Waals surface area contributed by atoms with E-state index < -0.39 is 11.2 Å². The molecule has 4 aliphatic carbocycles. The van der Waals surface area contributed by atoms with E-state index in [2.05, 4.69) is 6.92 Å². The summed E-state index contributed by atoms with van der Waals surface area (Å²) < 4.78 is 0. The maximum atomic E-state index is 12.7. The molecular formula is C19H26O3. The molecular weight excluding hydrogens is 276 g/mol. The molecule has 0 saturated heterocycles. The summed E-state index contributed by atoms with van der Waals surface area (Å²) in [4.78, 5) is 24.8. The predicted octanol–water partition coefficient (Wildman–Crippen LogP) is 3.83. The van der Waals surface area contributed by atoms with Gasteiger partial charge in [0, 0.05) is 17.4 Å². The van der Waals surface area contributed by atoms with Crippen molar-refractivity contribution < 1.29 is 14.7 Å². The molecule has 22 heavy (non-hydrogen) atoms. The van der Waals surface area contributed by atoms with Crippen molar-refractivity contribution >= 4 is 11.6 Å². The van der Waals surface area contributed by atoms with Gasteiger partial charge in [0.1, 0.15) is 5.76 Å². The Morgan fingerprint density at radius 1 is 1.05 bits per heavy atom. The van der Waals surface area contributed by atoms with Crippen LogP contribution in [0, 0.1) is 34.5 Å². The van der Waals surface area contributed by atoms with Gasteiger partial charge in [-0.1, -0.05) is 20.3 Å². The van der Waals surface area contributed by atoms with Crippen LogP contribution in [0.25, 0.3) is 0 Å². The first-order chi connectivity index (χ1) is 10.4. The summed E-state index contributed by atoms with van der Waals surface area (Å²) in [6.45, 7) is 4.40. The van der Waals surface area contributed by atoms with E-state index in [9.17, 15) is 14.7 Å². The molecule has 0 aromatic carbocycles. The zero-order chi connectivity index (χ0) is 15.7. The monoisotopic (exact) mass is 302 g/mol. The van der Waals surface area contributed by atoms with Crippen molar-refractivity contribution in [1.29, 1.82) is 0 Å². The van der Waals surface area contributed by atoms with Crippen LogP contribution in [-0.4, -0.2) is 16.7 Å². The summed E-state index contributed by atoms with van der Waals surface area (Å²) >= 11 is 0. The number of fused-ring (bicyclic) bond motifs is 5. The SMILES string of the molecule is C[C@@]12CCC[C@H]1[C@@H]1CCC3C(O)=CC(=O)C(=O)[C@]3(C)[C@H]1CC2. The Hall–Kier alpha value is -1.12. The first-order valence-electron chi connectivity index (χ1n) is 8.87. The first-order valence-corrected chi connectivity index (χ1v) is 8.87. The van der Waals surface area contributed by atoms with Gasteiger partial charge in [-0.25, -0.2) is 0 Å². The third-order valence-electron chi connectivity index (χ3n) is 7.85. The summed E-state index contributed by atoms with van der Waals surface area (Å²) in [5, 5.41) is 10.3. The number of Topliss-reactive ketones (excluding diaryl/α,β-unsaturated/α-hetero) is 1. The molecule has 3 saturated carbocycles. The molecule has 3 nitrogen and oxygen atoms in total. The minimum absolute atomic E-state index is 0.135. The molecule has 0 aromatic heterocycles. The molecule has 6 atom stereocenters. The van der Waals surface area contributed by atoms with E-state index in [0.717, 1.165) is 19.3 Å². The molecule has 0 bridgehead atoms. The number of allylic oxidation sites excluding steroid dienone is 2. The van der Waals surface area contributed by atoms with Gasteiger partial charge in [-0.3, -0.25) is 9.59 Å². The van der Waals surface area contributed by atoms with Gasteiger partial charge in [-0.15, -0.1) is 0 Å². The van der Waals surface area contributed by atoms with Gasteiger partial charge >= 0.3 is 0 Å². The van der Waals surface area contributed by atoms with Gasteiger partial charge in [0.25, 0.3) is 0 Å². The Bertz CT molecular complexity index is 577. The first kappa shape index (κ1) is 14.5. The molecule has 120 valence electrons. The molecule has 0 spiro atoms. The summed E-state index contributed by atoms with van der Waals surface area (Å²) in [7, 11) is 0. The average Bonchev–Trinajstić information content (AvgIpc) is 2.87. The van der Waals surface area contributed by atoms with E-state index >= 15 is 0 Å². The lowest BCUT2D eigenvalue weighted by molar-refractivity contribution is -0.156. The highest BCUT2D eigenvalue weighted by Crippen LogP contribution is 2.65. The Kier molecular flexibility index (Phi) is 2.93. The number of ketones is 2. The van der Waals surface area contributed by atoms with Crippen LogP contribution in [0.2, 0.25) is 0 Å². The van der Waals surface area contributed by atoms with Crippen LogP contribution >= 0.6 is 0 Å². The summed E-state index contributed by atoms with van der Waals surface area (Å²) in [6.07, 6.45) is 9.25. The highest BCUT2D eigenvalue weighted by Gasteiger charge is 2.62. The number of rotatable bonds is 0. The maximum Gasteiger partial charge on any atom is 0.225 e. The van der Waals surface area contributed by atoms with Crippen molar-refractivity contribution in [2.24, 2.45) is 34.5 Å². The van der Waals surface area contributed by atoms with Crippen LogP contribution in [0.15, 0.2) is 11.8 Å². The van der Waals surface area contributed by atoms with Crippen LogP contribution in [0.1, 0.15) is 58.8 Å². The molecule has 0 aromatic rings. The third kappa shape index (κ3) is 1.63.